The van der Waals surface area contributed by atoms with E-state index in [0.717, 1.165) is 5.70 Å². The first-order valence-electron chi connectivity index (χ1n) is 5.97. The fourth-order valence-corrected chi connectivity index (χ4v) is 2.58. The zero-order valence-corrected chi connectivity index (χ0v) is 9.45. The van der Waals surface area contributed by atoms with E-state index < -0.39 is 0 Å². The van der Waals surface area contributed by atoms with Gasteiger partial charge in [0.25, 0.3) is 0 Å². The van der Waals surface area contributed by atoms with Gasteiger partial charge in [0.05, 0.1) is 0 Å². The molecule has 0 aromatic rings. The molecule has 0 saturated carbocycles. The van der Waals surface area contributed by atoms with Gasteiger partial charge in [-0.15, -0.1) is 0 Å². The van der Waals surface area contributed by atoms with Crippen LogP contribution in [0.3, 0.4) is 0 Å². The molecule has 2 aliphatic heterocycles. The predicted molar refractivity (Wildman–Crippen MR) is 63.0 cm³/mol. The van der Waals surface area contributed by atoms with Crippen LogP contribution in [-0.4, -0.2) is 23.7 Å². The Bertz CT molecular complexity index is 270. The van der Waals surface area contributed by atoms with Crippen molar-refractivity contribution in [2.75, 3.05) is 6.54 Å². The molecule has 0 amide bonds. The van der Waals surface area contributed by atoms with E-state index in [-0.39, 0.29) is 6.17 Å². The molecular weight excluding hydrogens is 186 g/mol. The molecule has 1 saturated heterocycles. The molecule has 0 aromatic carbocycles. The molecule has 2 atom stereocenters. The molecule has 2 heterocycles. The van der Waals surface area contributed by atoms with Crippen LogP contribution in [0.5, 0.6) is 0 Å². The largest absolute Gasteiger partial charge is 0.399 e. The minimum absolute atomic E-state index is 0.222. The Morgan fingerprint density at radius 1 is 1.53 bits per heavy atom. The summed E-state index contributed by atoms with van der Waals surface area (Å²) in [5.41, 5.74) is 6.97. The zero-order valence-electron chi connectivity index (χ0n) is 9.45. The molecule has 0 aromatic heterocycles. The van der Waals surface area contributed by atoms with E-state index in [0.29, 0.717) is 6.04 Å². The lowest BCUT2D eigenvalue weighted by Gasteiger charge is -2.41. The molecule has 0 spiro atoms. The van der Waals surface area contributed by atoms with Crippen molar-refractivity contribution < 1.29 is 0 Å². The van der Waals surface area contributed by atoms with Gasteiger partial charge in [0.15, 0.2) is 0 Å². The molecule has 3 N–H and O–H groups in total. The van der Waals surface area contributed by atoms with E-state index in [2.05, 4.69) is 17.1 Å². The number of piperidine rings is 1. The molecule has 0 aliphatic carbocycles. The second-order valence-corrected chi connectivity index (χ2v) is 4.39. The van der Waals surface area contributed by atoms with Crippen molar-refractivity contribution in [2.24, 2.45) is 5.73 Å². The number of likely N-dealkylation sites (tertiary alicyclic amines) is 1. The monoisotopic (exact) mass is 207 g/mol. The molecule has 15 heavy (non-hydrogen) atoms. The Hall–Kier alpha value is -0.960. The number of rotatable bonds is 2. The van der Waals surface area contributed by atoms with Crippen LogP contribution >= 0.6 is 0 Å². The lowest BCUT2D eigenvalue weighted by atomic mass is 9.98. The van der Waals surface area contributed by atoms with E-state index in [4.69, 9.17) is 5.73 Å². The molecule has 0 radical (unpaired) electrons. The summed E-state index contributed by atoms with van der Waals surface area (Å²) in [6, 6.07) is 0.690. The number of dihydropyridines is 1. The van der Waals surface area contributed by atoms with Crippen LogP contribution in [0.4, 0.5) is 0 Å². The standard InChI is InChI=1S/C12H21N3/c1-2-10-6-3-4-9-15(10)12-11(13)7-5-8-14-12/h5,7-8,10,12,14H,2-4,6,9,13H2,1H3/t10-,12?/m0/s1. The van der Waals surface area contributed by atoms with E-state index >= 15 is 0 Å². The van der Waals surface area contributed by atoms with E-state index in [9.17, 15) is 0 Å². The molecule has 2 aliphatic rings. The maximum atomic E-state index is 6.03. The van der Waals surface area contributed by atoms with Gasteiger partial charge in [-0.1, -0.05) is 13.3 Å². The molecule has 2 rings (SSSR count). The smallest absolute Gasteiger partial charge is 0.120 e. The molecule has 1 unspecified atom stereocenters. The Labute approximate surface area is 92.0 Å². The number of hydrogen-bond donors (Lipinski definition) is 2. The van der Waals surface area contributed by atoms with Gasteiger partial charge in [0.2, 0.25) is 0 Å². The summed E-state index contributed by atoms with van der Waals surface area (Å²) in [6.07, 6.45) is 11.4. The Kier molecular flexibility index (Phi) is 3.31. The van der Waals surface area contributed by atoms with E-state index in [1.807, 2.05) is 18.4 Å². The van der Waals surface area contributed by atoms with Gasteiger partial charge in [0.1, 0.15) is 6.17 Å². The maximum absolute atomic E-state index is 6.03. The quantitative estimate of drug-likeness (QED) is 0.721. The second kappa shape index (κ2) is 4.71. The predicted octanol–water partition coefficient (Wildman–Crippen LogP) is 1.54. The van der Waals surface area contributed by atoms with E-state index in [1.54, 1.807) is 0 Å². The Balaban J connectivity index is 2.07. The number of nitrogens with one attached hydrogen (secondary N) is 1. The van der Waals surface area contributed by atoms with Crippen molar-refractivity contribution in [3.05, 3.63) is 24.0 Å². The summed E-state index contributed by atoms with van der Waals surface area (Å²) in [5.74, 6) is 0. The highest BCUT2D eigenvalue weighted by Gasteiger charge is 2.28. The van der Waals surface area contributed by atoms with Crippen molar-refractivity contribution in [2.45, 2.75) is 44.8 Å². The SMILES string of the molecule is CC[C@H]1CCCCN1C1NC=CC=C1N. The van der Waals surface area contributed by atoms with Crippen molar-refractivity contribution in [3.8, 4) is 0 Å². The van der Waals surface area contributed by atoms with Gasteiger partial charge in [-0.3, -0.25) is 4.90 Å². The van der Waals surface area contributed by atoms with Crippen molar-refractivity contribution >= 4 is 0 Å². The van der Waals surface area contributed by atoms with Crippen LogP contribution in [0, 0.1) is 0 Å². The molecule has 1 fully saturated rings. The van der Waals surface area contributed by atoms with Gasteiger partial charge in [-0.25, -0.2) is 0 Å². The first kappa shape index (κ1) is 10.6. The second-order valence-electron chi connectivity index (χ2n) is 4.39. The third-order valence-corrected chi connectivity index (χ3v) is 3.43. The Morgan fingerprint density at radius 3 is 3.13 bits per heavy atom. The van der Waals surface area contributed by atoms with Crippen LogP contribution < -0.4 is 11.1 Å². The lowest BCUT2D eigenvalue weighted by molar-refractivity contribution is 0.0966. The van der Waals surface area contributed by atoms with Crippen molar-refractivity contribution in [3.63, 3.8) is 0 Å². The van der Waals surface area contributed by atoms with Gasteiger partial charge >= 0.3 is 0 Å². The van der Waals surface area contributed by atoms with Crippen LogP contribution in [0.15, 0.2) is 24.0 Å². The van der Waals surface area contributed by atoms with Gasteiger partial charge in [0, 0.05) is 18.3 Å². The topological polar surface area (TPSA) is 41.3 Å². The summed E-state index contributed by atoms with van der Waals surface area (Å²) >= 11 is 0. The lowest BCUT2D eigenvalue weighted by Crippen LogP contribution is -2.54. The molecule has 0 bridgehead atoms. The molecular formula is C12H21N3. The number of allylic oxidation sites excluding steroid dienone is 2. The highest BCUT2D eigenvalue weighted by atomic mass is 15.3. The summed E-state index contributed by atoms with van der Waals surface area (Å²) < 4.78 is 0. The summed E-state index contributed by atoms with van der Waals surface area (Å²) in [5, 5.41) is 3.35. The highest BCUT2D eigenvalue weighted by Crippen LogP contribution is 2.23. The minimum Gasteiger partial charge on any atom is -0.399 e. The van der Waals surface area contributed by atoms with Crippen LogP contribution in [0.1, 0.15) is 32.6 Å². The third-order valence-electron chi connectivity index (χ3n) is 3.43. The summed E-state index contributed by atoms with van der Waals surface area (Å²) in [7, 11) is 0. The normalized spacial score (nSPS) is 32.2. The van der Waals surface area contributed by atoms with Gasteiger partial charge < -0.3 is 11.1 Å². The fraction of sp³-hybridized carbons (Fsp3) is 0.667. The van der Waals surface area contributed by atoms with E-state index in [1.165, 1.54) is 32.2 Å². The first-order valence-corrected chi connectivity index (χ1v) is 5.97. The van der Waals surface area contributed by atoms with Crippen molar-refractivity contribution in [1.29, 1.82) is 0 Å². The van der Waals surface area contributed by atoms with Crippen molar-refractivity contribution in [1.82, 2.24) is 10.2 Å². The molecule has 84 valence electrons. The molecule has 3 nitrogen and oxygen atoms in total. The van der Waals surface area contributed by atoms with Crippen LogP contribution in [-0.2, 0) is 0 Å². The highest BCUT2D eigenvalue weighted by molar-refractivity contribution is 5.20. The number of nitrogens with zero attached hydrogens (tertiary/aromatic N) is 1. The minimum atomic E-state index is 0.222. The fourth-order valence-electron chi connectivity index (χ4n) is 2.58. The Morgan fingerprint density at radius 2 is 2.40 bits per heavy atom. The third kappa shape index (κ3) is 2.17. The van der Waals surface area contributed by atoms with Crippen LogP contribution in [0.25, 0.3) is 0 Å². The molecule has 3 heteroatoms. The van der Waals surface area contributed by atoms with Gasteiger partial charge in [-0.2, -0.15) is 0 Å². The average molecular weight is 207 g/mol. The first-order chi connectivity index (χ1) is 7.33. The average Bonchev–Trinajstić information content (AvgIpc) is 2.30. The maximum Gasteiger partial charge on any atom is 0.120 e. The van der Waals surface area contributed by atoms with Gasteiger partial charge in [-0.05, 0) is 37.6 Å². The number of hydrogen-bond acceptors (Lipinski definition) is 3. The summed E-state index contributed by atoms with van der Waals surface area (Å²) in [4.78, 5) is 2.51. The zero-order chi connectivity index (χ0) is 10.7. The number of nitrogens with two attached hydrogens (primary N) is 1. The summed E-state index contributed by atoms with van der Waals surface area (Å²) in [6.45, 7) is 3.43. The van der Waals surface area contributed by atoms with Crippen LogP contribution in [0.2, 0.25) is 0 Å².